The van der Waals surface area contributed by atoms with Crippen LogP contribution in [0.2, 0.25) is 0 Å². The van der Waals surface area contributed by atoms with Gasteiger partial charge in [0.2, 0.25) is 0 Å². The van der Waals surface area contributed by atoms with Crippen molar-refractivity contribution in [1.29, 1.82) is 0 Å². The molecule has 0 unspecified atom stereocenters. The highest BCUT2D eigenvalue weighted by molar-refractivity contribution is 5.95. The van der Waals surface area contributed by atoms with E-state index in [0.29, 0.717) is 17.9 Å². The van der Waals surface area contributed by atoms with Crippen LogP contribution in [0.25, 0.3) is 11.0 Å². The Hall–Kier alpha value is -2.86. The summed E-state index contributed by atoms with van der Waals surface area (Å²) >= 11 is 0. The molecule has 1 aromatic heterocycles. The Balaban J connectivity index is 1.70. The fourth-order valence-electron chi connectivity index (χ4n) is 2.72. The van der Waals surface area contributed by atoms with E-state index in [0.717, 1.165) is 11.0 Å². The van der Waals surface area contributed by atoms with Gasteiger partial charge >= 0.3 is 0 Å². The lowest BCUT2D eigenvalue weighted by molar-refractivity contribution is 0.0900. The number of nitrogens with two attached hydrogens (primary N) is 1. The minimum absolute atomic E-state index is 0.0504. The first-order chi connectivity index (χ1) is 12.0. The second-order valence-electron chi connectivity index (χ2n) is 6.15. The third-order valence-electron chi connectivity index (χ3n) is 4.23. The lowest BCUT2D eigenvalue weighted by Gasteiger charge is -2.15. The smallest absolute Gasteiger partial charge is 0.252 e. The van der Waals surface area contributed by atoms with Gasteiger partial charge in [-0.25, -0.2) is 4.98 Å². The normalized spacial score (nSPS) is 12.3. The van der Waals surface area contributed by atoms with E-state index >= 15 is 0 Å². The number of benzene rings is 2. The first-order valence-electron chi connectivity index (χ1n) is 8.07. The number of para-hydroxylation sites is 1. The van der Waals surface area contributed by atoms with Gasteiger partial charge < -0.3 is 20.1 Å². The van der Waals surface area contributed by atoms with Crippen LogP contribution in [-0.4, -0.2) is 33.3 Å². The van der Waals surface area contributed by atoms with Crippen LogP contribution in [0.4, 0.5) is 0 Å². The van der Waals surface area contributed by atoms with Gasteiger partial charge in [-0.3, -0.25) is 4.79 Å². The number of aromatic nitrogens is 2. The molecule has 6 nitrogen and oxygen atoms in total. The predicted molar refractivity (Wildman–Crippen MR) is 95.7 cm³/mol. The van der Waals surface area contributed by atoms with Crippen LogP contribution in [0.3, 0.4) is 0 Å². The van der Waals surface area contributed by atoms with Crippen molar-refractivity contribution in [3.8, 4) is 5.75 Å². The van der Waals surface area contributed by atoms with Crippen molar-refractivity contribution in [3.05, 3.63) is 59.4 Å². The second kappa shape index (κ2) is 6.94. The third-order valence-corrected chi connectivity index (χ3v) is 4.23. The number of rotatable bonds is 6. The number of amides is 1. The number of hydrogen-bond acceptors (Lipinski definition) is 4. The lowest BCUT2D eigenvalue weighted by atomic mass is 10.1. The quantitative estimate of drug-likeness (QED) is 0.720. The van der Waals surface area contributed by atoms with Crippen LogP contribution in [0.1, 0.15) is 21.5 Å². The molecule has 0 bridgehead atoms. The molecule has 130 valence electrons. The Morgan fingerprint density at radius 2 is 2.00 bits per heavy atom. The van der Waals surface area contributed by atoms with Gasteiger partial charge in [-0.05, 0) is 49.2 Å². The topological polar surface area (TPSA) is 90.4 Å². The highest BCUT2D eigenvalue weighted by atomic mass is 16.5. The number of aliphatic hydroxyl groups is 1. The summed E-state index contributed by atoms with van der Waals surface area (Å²) in [6, 6.07) is 10.8. The van der Waals surface area contributed by atoms with Crippen LogP contribution in [0, 0.1) is 13.8 Å². The molecule has 1 amide bonds. The van der Waals surface area contributed by atoms with Crippen molar-refractivity contribution < 1.29 is 14.6 Å². The summed E-state index contributed by atoms with van der Waals surface area (Å²) in [5.74, 6) is -0.187. The van der Waals surface area contributed by atoms with Gasteiger partial charge in [-0.1, -0.05) is 12.1 Å². The summed E-state index contributed by atoms with van der Waals surface area (Å²) in [7, 11) is 0. The molecular formula is C19H21N3O3. The molecule has 1 heterocycles. The van der Waals surface area contributed by atoms with Crippen molar-refractivity contribution >= 4 is 16.9 Å². The van der Waals surface area contributed by atoms with E-state index in [1.807, 2.05) is 24.5 Å². The SMILES string of the molecule is Cc1cc2ncn(C[C@@H](O)COc3ccccc3C(N)=O)c2cc1C. The van der Waals surface area contributed by atoms with Gasteiger partial charge in [-0.15, -0.1) is 0 Å². The summed E-state index contributed by atoms with van der Waals surface area (Å²) in [4.78, 5) is 15.8. The third kappa shape index (κ3) is 3.64. The molecule has 6 heteroatoms. The average Bonchev–Trinajstić information content (AvgIpc) is 2.95. The summed E-state index contributed by atoms with van der Waals surface area (Å²) in [6.45, 7) is 4.49. The Morgan fingerprint density at radius 1 is 1.28 bits per heavy atom. The molecule has 0 radical (unpaired) electrons. The van der Waals surface area contributed by atoms with Crippen molar-refractivity contribution in [2.45, 2.75) is 26.5 Å². The monoisotopic (exact) mass is 339 g/mol. The molecule has 3 rings (SSSR count). The van der Waals surface area contributed by atoms with E-state index in [1.54, 1.807) is 30.6 Å². The molecule has 3 N–H and O–H groups in total. The van der Waals surface area contributed by atoms with Gasteiger partial charge in [0.15, 0.2) is 0 Å². The standard InChI is InChI=1S/C19H21N3O3/c1-12-7-16-17(8-13(12)2)22(11-21-16)9-14(23)10-25-18-6-4-3-5-15(18)19(20)24/h3-8,11,14,23H,9-10H2,1-2H3,(H2,20,24)/t14-/m1/s1. The van der Waals surface area contributed by atoms with E-state index in [2.05, 4.69) is 11.1 Å². The number of hydrogen-bond donors (Lipinski definition) is 2. The number of carbonyl (C=O) groups is 1. The van der Waals surface area contributed by atoms with E-state index in [-0.39, 0.29) is 6.61 Å². The molecule has 0 spiro atoms. The number of primary amides is 1. The number of imidazole rings is 1. The first kappa shape index (κ1) is 17.0. The zero-order valence-corrected chi connectivity index (χ0v) is 14.3. The molecule has 0 saturated carbocycles. The Bertz CT molecular complexity index is 917. The van der Waals surface area contributed by atoms with Gasteiger partial charge in [0, 0.05) is 0 Å². The van der Waals surface area contributed by atoms with E-state index in [4.69, 9.17) is 10.5 Å². The number of nitrogens with zero attached hydrogens (tertiary/aromatic N) is 2. The summed E-state index contributed by atoms with van der Waals surface area (Å²) in [5.41, 5.74) is 9.86. The first-order valence-corrected chi connectivity index (χ1v) is 8.07. The van der Waals surface area contributed by atoms with E-state index < -0.39 is 12.0 Å². The maximum atomic E-state index is 11.4. The number of carbonyl (C=O) groups excluding carboxylic acids is 1. The summed E-state index contributed by atoms with van der Waals surface area (Å²) < 4.78 is 7.48. The van der Waals surface area contributed by atoms with Gasteiger partial charge in [-0.2, -0.15) is 0 Å². The molecule has 2 aromatic carbocycles. The zero-order valence-electron chi connectivity index (χ0n) is 14.3. The predicted octanol–water partition coefficient (Wildman–Crippen LogP) is 2.19. The van der Waals surface area contributed by atoms with Crippen molar-refractivity contribution in [2.75, 3.05) is 6.61 Å². The van der Waals surface area contributed by atoms with Crippen molar-refractivity contribution in [2.24, 2.45) is 5.73 Å². The van der Waals surface area contributed by atoms with Crippen LogP contribution < -0.4 is 10.5 Å². The second-order valence-corrected chi connectivity index (χ2v) is 6.15. The van der Waals surface area contributed by atoms with Crippen LogP contribution >= 0.6 is 0 Å². The average molecular weight is 339 g/mol. The van der Waals surface area contributed by atoms with Crippen LogP contribution in [0.5, 0.6) is 5.75 Å². The van der Waals surface area contributed by atoms with Crippen molar-refractivity contribution in [1.82, 2.24) is 9.55 Å². The van der Waals surface area contributed by atoms with Gasteiger partial charge in [0.1, 0.15) is 18.5 Å². The highest BCUT2D eigenvalue weighted by Gasteiger charge is 2.13. The Morgan fingerprint density at radius 3 is 2.76 bits per heavy atom. The fourth-order valence-corrected chi connectivity index (χ4v) is 2.72. The molecule has 0 aliphatic heterocycles. The molecule has 0 aliphatic carbocycles. The number of ether oxygens (including phenoxy) is 1. The zero-order chi connectivity index (χ0) is 18.0. The fraction of sp³-hybridized carbons (Fsp3) is 0.263. The van der Waals surface area contributed by atoms with Crippen molar-refractivity contribution in [3.63, 3.8) is 0 Å². The molecule has 0 aliphatic rings. The number of aryl methyl sites for hydroxylation is 2. The molecule has 3 aromatic rings. The lowest BCUT2D eigenvalue weighted by Crippen LogP contribution is -2.24. The Labute approximate surface area is 145 Å². The molecular weight excluding hydrogens is 318 g/mol. The van der Waals surface area contributed by atoms with Gasteiger partial charge in [0.05, 0.1) is 29.5 Å². The highest BCUT2D eigenvalue weighted by Crippen LogP contribution is 2.20. The minimum Gasteiger partial charge on any atom is -0.490 e. The largest absolute Gasteiger partial charge is 0.490 e. The van der Waals surface area contributed by atoms with E-state index in [1.165, 1.54) is 11.1 Å². The minimum atomic E-state index is -0.750. The van der Waals surface area contributed by atoms with E-state index in [9.17, 15) is 9.90 Å². The number of aliphatic hydroxyl groups excluding tert-OH is 1. The molecule has 0 saturated heterocycles. The summed E-state index contributed by atoms with van der Waals surface area (Å²) in [5, 5.41) is 10.3. The van der Waals surface area contributed by atoms with Gasteiger partial charge in [0.25, 0.3) is 5.91 Å². The molecule has 1 atom stereocenters. The van der Waals surface area contributed by atoms with Crippen LogP contribution in [0.15, 0.2) is 42.7 Å². The summed E-state index contributed by atoms with van der Waals surface area (Å²) in [6.07, 6.45) is 0.962. The maximum Gasteiger partial charge on any atom is 0.252 e. The maximum absolute atomic E-state index is 11.4. The number of fused-ring (bicyclic) bond motifs is 1. The molecule has 0 fully saturated rings. The Kier molecular flexibility index (Phi) is 4.72. The van der Waals surface area contributed by atoms with Crippen LogP contribution in [-0.2, 0) is 6.54 Å². The molecule has 25 heavy (non-hydrogen) atoms.